The summed E-state index contributed by atoms with van der Waals surface area (Å²) in [5.74, 6) is -1.02. The summed E-state index contributed by atoms with van der Waals surface area (Å²) < 4.78 is 25.5. The van der Waals surface area contributed by atoms with Gasteiger partial charge in [-0.15, -0.1) is 0 Å². The maximum atomic E-state index is 13.4. The van der Waals surface area contributed by atoms with Gasteiger partial charge in [-0.05, 0) is 18.4 Å². The molecule has 1 aliphatic heterocycles. The Labute approximate surface area is 165 Å². The first-order valence-electron chi connectivity index (χ1n) is 10.6. The molecule has 0 aromatic heterocycles. The van der Waals surface area contributed by atoms with Gasteiger partial charge in [0.1, 0.15) is 0 Å². The molecule has 0 amide bonds. The second kappa shape index (κ2) is 11.4. The van der Waals surface area contributed by atoms with Crippen LogP contribution in [-0.4, -0.2) is 29.3 Å². The zero-order valence-electron chi connectivity index (χ0n) is 17.2. The van der Waals surface area contributed by atoms with Crippen LogP contribution in [0.5, 0.6) is 0 Å². The number of ether oxygens (including phenoxy) is 1. The third-order valence-corrected chi connectivity index (χ3v) is 8.29. The number of hydrogen-bond acceptors (Lipinski definition) is 4. The van der Waals surface area contributed by atoms with Crippen molar-refractivity contribution in [2.24, 2.45) is 5.92 Å². The van der Waals surface area contributed by atoms with Crippen LogP contribution in [0.4, 0.5) is 0 Å². The Morgan fingerprint density at radius 2 is 1.74 bits per heavy atom. The van der Waals surface area contributed by atoms with Gasteiger partial charge in [-0.3, -0.25) is 4.57 Å². The van der Waals surface area contributed by atoms with Crippen molar-refractivity contribution in [1.29, 1.82) is 0 Å². The normalized spacial score (nSPS) is 31.1. The quantitative estimate of drug-likeness (QED) is 0.370. The van der Waals surface area contributed by atoms with Crippen LogP contribution in [0.25, 0.3) is 0 Å². The first kappa shape index (κ1) is 22.6. The molecular formula is C22H37O4P. The lowest BCUT2D eigenvalue weighted by molar-refractivity contribution is -0.0951. The number of rotatable bonds is 11. The van der Waals surface area contributed by atoms with E-state index in [9.17, 15) is 9.67 Å². The van der Waals surface area contributed by atoms with Gasteiger partial charge in [0.2, 0.25) is 7.37 Å². The topological polar surface area (TPSA) is 55.8 Å². The van der Waals surface area contributed by atoms with E-state index < -0.39 is 19.3 Å². The Morgan fingerprint density at radius 1 is 1.07 bits per heavy atom. The largest absolute Gasteiger partial charge is 0.380 e. The Bertz CT molecular complexity index is 577. The van der Waals surface area contributed by atoms with Crippen molar-refractivity contribution in [1.82, 2.24) is 0 Å². The minimum absolute atomic E-state index is 0.0142. The zero-order valence-corrected chi connectivity index (χ0v) is 18.1. The van der Waals surface area contributed by atoms with E-state index in [1.54, 1.807) is 0 Å². The highest BCUT2D eigenvalue weighted by atomic mass is 31.2. The Balaban J connectivity index is 1.97. The van der Waals surface area contributed by atoms with Crippen molar-refractivity contribution in [3.8, 4) is 0 Å². The standard InChI is InChI=1S/C22H37O4P/c1-4-6-7-8-9-13-16-27(24)22(23)21(18(3)20(5-2)26-27)25-17-19-14-11-10-12-15-19/h10-12,14-15,18,20-23H,4-9,13,16-17H2,1-3H3/t18-,20-,21?,22?,27?/m1/s1. The molecule has 5 heteroatoms. The molecule has 0 saturated carbocycles. The summed E-state index contributed by atoms with van der Waals surface area (Å²) in [6.07, 6.45) is 7.39. The van der Waals surface area contributed by atoms with Gasteiger partial charge < -0.3 is 14.4 Å². The lowest BCUT2D eigenvalue weighted by Gasteiger charge is -2.43. The highest BCUT2D eigenvalue weighted by Crippen LogP contribution is 2.59. The van der Waals surface area contributed by atoms with Gasteiger partial charge in [-0.2, -0.15) is 0 Å². The van der Waals surface area contributed by atoms with Crippen molar-refractivity contribution < 1.29 is 18.9 Å². The molecule has 0 radical (unpaired) electrons. The van der Waals surface area contributed by atoms with E-state index >= 15 is 0 Å². The molecule has 0 bridgehead atoms. The van der Waals surface area contributed by atoms with Crippen LogP contribution in [-0.2, 0) is 20.4 Å². The number of hydrogen-bond donors (Lipinski definition) is 1. The van der Waals surface area contributed by atoms with E-state index in [1.165, 1.54) is 19.3 Å². The first-order chi connectivity index (χ1) is 13.0. The molecular weight excluding hydrogens is 359 g/mol. The van der Waals surface area contributed by atoms with Gasteiger partial charge in [0, 0.05) is 12.1 Å². The van der Waals surface area contributed by atoms with Crippen LogP contribution < -0.4 is 0 Å². The Hall–Kier alpha value is -0.670. The smallest absolute Gasteiger partial charge is 0.233 e. The lowest BCUT2D eigenvalue weighted by Crippen LogP contribution is -2.46. The number of unbranched alkanes of at least 4 members (excludes halogenated alkanes) is 5. The van der Waals surface area contributed by atoms with E-state index in [0.29, 0.717) is 12.8 Å². The number of benzene rings is 1. The van der Waals surface area contributed by atoms with Crippen molar-refractivity contribution in [3.63, 3.8) is 0 Å². The second-order valence-electron chi connectivity index (χ2n) is 7.80. The molecule has 1 saturated heterocycles. The van der Waals surface area contributed by atoms with E-state index in [2.05, 4.69) is 6.92 Å². The maximum Gasteiger partial charge on any atom is 0.233 e. The van der Waals surface area contributed by atoms with Gasteiger partial charge in [-0.1, -0.05) is 83.2 Å². The van der Waals surface area contributed by atoms with Crippen molar-refractivity contribution in [2.75, 3.05) is 6.16 Å². The SMILES string of the molecule is CCCCCCCCP1(=O)O[C@H](CC)[C@@H](C)C(OCc2ccccc2)C1O. The van der Waals surface area contributed by atoms with Crippen LogP contribution in [0.1, 0.15) is 71.3 Å². The average Bonchev–Trinajstić information content (AvgIpc) is 2.68. The highest BCUT2D eigenvalue weighted by Gasteiger charge is 2.49. The molecule has 27 heavy (non-hydrogen) atoms. The second-order valence-corrected chi connectivity index (χ2v) is 10.4. The average molecular weight is 397 g/mol. The number of aliphatic hydroxyl groups is 1. The molecule has 1 aromatic rings. The third-order valence-electron chi connectivity index (χ3n) is 5.63. The predicted molar refractivity (Wildman–Crippen MR) is 111 cm³/mol. The monoisotopic (exact) mass is 396 g/mol. The summed E-state index contributed by atoms with van der Waals surface area (Å²) in [7, 11) is -3.12. The molecule has 1 heterocycles. The molecule has 2 rings (SSSR count). The van der Waals surface area contributed by atoms with Crippen LogP contribution in [0.2, 0.25) is 0 Å². The molecule has 0 spiro atoms. The van der Waals surface area contributed by atoms with Gasteiger partial charge in [-0.25, -0.2) is 0 Å². The summed E-state index contributed by atoms with van der Waals surface area (Å²) in [4.78, 5) is 0. The van der Waals surface area contributed by atoms with Crippen LogP contribution in [0, 0.1) is 5.92 Å². The zero-order chi connectivity index (χ0) is 19.7. The minimum Gasteiger partial charge on any atom is -0.380 e. The molecule has 4 nitrogen and oxygen atoms in total. The molecule has 1 N–H and O–H groups in total. The van der Waals surface area contributed by atoms with Crippen LogP contribution in [0.15, 0.2) is 30.3 Å². The van der Waals surface area contributed by atoms with Gasteiger partial charge in [0.25, 0.3) is 0 Å². The van der Waals surface area contributed by atoms with E-state index in [-0.39, 0.29) is 12.0 Å². The Kier molecular flexibility index (Phi) is 9.52. The molecule has 1 aliphatic rings. The van der Waals surface area contributed by atoms with Crippen molar-refractivity contribution >= 4 is 7.37 Å². The number of aliphatic hydroxyl groups excluding tert-OH is 1. The Morgan fingerprint density at radius 3 is 2.41 bits per heavy atom. The summed E-state index contributed by atoms with van der Waals surface area (Å²) in [6, 6.07) is 9.92. The van der Waals surface area contributed by atoms with E-state index in [1.807, 2.05) is 44.2 Å². The summed E-state index contributed by atoms with van der Waals surface area (Å²) in [5.41, 5.74) is 1.06. The minimum atomic E-state index is -3.12. The highest BCUT2D eigenvalue weighted by molar-refractivity contribution is 7.59. The van der Waals surface area contributed by atoms with Crippen LogP contribution in [0.3, 0.4) is 0 Å². The summed E-state index contributed by atoms with van der Waals surface area (Å²) >= 11 is 0. The van der Waals surface area contributed by atoms with Gasteiger partial charge in [0.15, 0.2) is 5.85 Å². The fraction of sp³-hybridized carbons (Fsp3) is 0.727. The molecule has 0 aliphatic carbocycles. The van der Waals surface area contributed by atoms with Crippen molar-refractivity contribution in [3.05, 3.63) is 35.9 Å². The van der Waals surface area contributed by atoms with Gasteiger partial charge >= 0.3 is 0 Å². The van der Waals surface area contributed by atoms with E-state index in [4.69, 9.17) is 9.26 Å². The summed E-state index contributed by atoms with van der Waals surface area (Å²) in [5, 5.41) is 10.9. The third kappa shape index (κ3) is 6.42. The molecule has 1 fully saturated rings. The maximum absolute atomic E-state index is 13.4. The lowest BCUT2D eigenvalue weighted by atomic mass is 9.96. The molecule has 1 aromatic carbocycles. The van der Waals surface area contributed by atoms with Crippen molar-refractivity contribution in [2.45, 2.75) is 90.4 Å². The predicted octanol–water partition coefficient (Wildman–Crippen LogP) is 5.97. The summed E-state index contributed by atoms with van der Waals surface area (Å²) in [6.45, 7) is 6.69. The molecule has 5 atom stereocenters. The first-order valence-corrected chi connectivity index (χ1v) is 12.5. The molecule has 154 valence electrons. The van der Waals surface area contributed by atoms with Gasteiger partial charge in [0.05, 0.1) is 18.8 Å². The fourth-order valence-corrected chi connectivity index (χ4v) is 6.61. The fourth-order valence-electron chi connectivity index (χ4n) is 3.84. The van der Waals surface area contributed by atoms with E-state index in [0.717, 1.165) is 31.2 Å². The van der Waals surface area contributed by atoms with Crippen LogP contribution >= 0.6 is 7.37 Å². The molecule has 3 unspecified atom stereocenters.